The molecule has 4 heteroatoms. The van der Waals surface area contributed by atoms with E-state index in [0.29, 0.717) is 5.92 Å². The summed E-state index contributed by atoms with van der Waals surface area (Å²) in [4.78, 5) is 0. The van der Waals surface area contributed by atoms with Gasteiger partial charge in [-0.05, 0) is 42.5 Å². The number of nitrogens with two attached hydrogens (primary N) is 1. The Morgan fingerprint density at radius 3 is 2.38 bits per heavy atom. The summed E-state index contributed by atoms with van der Waals surface area (Å²) in [6.07, 6.45) is 2.20. The maximum atomic E-state index is 6.16. The maximum Gasteiger partial charge on any atom is 0.0306 e. The third kappa shape index (κ3) is 5.17. The summed E-state index contributed by atoms with van der Waals surface area (Å²) in [5.74, 6) is 0.710. The fourth-order valence-corrected chi connectivity index (χ4v) is 2.39. The molecule has 92 valence electrons. The number of halogens is 3. The summed E-state index contributed by atoms with van der Waals surface area (Å²) >= 11 is 7.01. The smallest absolute Gasteiger partial charge is 0.0306 e. The monoisotopic (exact) mass is 369 g/mol. The molecular formula is C12H18Br2ClN. The molecule has 1 rings (SSSR count). The van der Waals surface area contributed by atoms with Crippen LogP contribution < -0.4 is 5.73 Å². The molecule has 1 aromatic carbocycles. The largest absolute Gasteiger partial charge is 0.324 e. The molecule has 0 unspecified atom stereocenters. The Balaban J connectivity index is 0.00000225. The molecule has 0 bridgehead atoms. The van der Waals surface area contributed by atoms with E-state index in [1.165, 1.54) is 12.0 Å². The second-order valence-electron chi connectivity index (χ2n) is 4.24. The number of benzene rings is 1. The fraction of sp³-hybridized carbons (Fsp3) is 0.500. The van der Waals surface area contributed by atoms with E-state index in [0.717, 1.165) is 15.4 Å². The van der Waals surface area contributed by atoms with E-state index < -0.39 is 0 Å². The highest BCUT2D eigenvalue weighted by molar-refractivity contribution is 9.11. The molecule has 2 N–H and O–H groups in total. The summed E-state index contributed by atoms with van der Waals surface area (Å²) in [7, 11) is 0. The predicted molar refractivity (Wildman–Crippen MR) is 80.1 cm³/mol. The lowest BCUT2D eigenvalue weighted by Crippen LogP contribution is -2.11. The van der Waals surface area contributed by atoms with E-state index in [4.69, 9.17) is 5.73 Å². The van der Waals surface area contributed by atoms with E-state index in [1.807, 2.05) is 12.1 Å². The van der Waals surface area contributed by atoms with Crippen LogP contribution in [-0.4, -0.2) is 0 Å². The molecule has 1 nitrogen and oxygen atoms in total. The van der Waals surface area contributed by atoms with Crippen LogP contribution in [0.1, 0.15) is 38.3 Å². The van der Waals surface area contributed by atoms with Gasteiger partial charge >= 0.3 is 0 Å². The van der Waals surface area contributed by atoms with Gasteiger partial charge in [-0.3, -0.25) is 0 Å². The molecule has 0 amide bonds. The van der Waals surface area contributed by atoms with Crippen molar-refractivity contribution >= 4 is 44.3 Å². The lowest BCUT2D eigenvalue weighted by Gasteiger charge is -2.15. The van der Waals surface area contributed by atoms with Gasteiger partial charge in [0, 0.05) is 15.0 Å². The molecule has 1 atom stereocenters. The zero-order chi connectivity index (χ0) is 11.4. The Kier molecular flexibility index (Phi) is 7.90. The first-order valence-corrected chi connectivity index (χ1v) is 6.80. The first-order valence-electron chi connectivity index (χ1n) is 5.21. The average Bonchev–Trinajstić information content (AvgIpc) is 2.18. The minimum Gasteiger partial charge on any atom is -0.324 e. The highest BCUT2D eigenvalue weighted by Crippen LogP contribution is 2.28. The SMILES string of the molecule is CC(C)CC[C@H](N)c1cc(Br)ccc1Br.Cl. The molecule has 0 aliphatic heterocycles. The van der Waals surface area contributed by atoms with Crippen molar-refractivity contribution in [1.82, 2.24) is 0 Å². The van der Waals surface area contributed by atoms with Crippen LogP contribution in [0, 0.1) is 5.92 Å². The van der Waals surface area contributed by atoms with Crippen molar-refractivity contribution in [3.8, 4) is 0 Å². The van der Waals surface area contributed by atoms with Gasteiger partial charge in [0.1, 0.15) is 0 Å². The van der Waals surface area contributed by atoms with Crippen molar-refractivity contribution in [3.63, 3.8) is 0 Å². The molecule has 0 radical (unpaired) electrons. The Hall–Kier alpha value is 0.430. The van der Waals surface area contributed by atoms with Crippen LogP contribution in [0.15, 0.2) is 27.1 Å². The summed E-state index contributed by atoms with van der Waals surface area (Å²) in [5, 5.41) is 0. The molecule has 0 aliphatic carbocycles. The zero-order valence-corrected chi connectivity index (χ0v) is 13.5. The van der Waals surface area contributed by atoms with Gasteiger partial charge < -0.3 is 5.73 Å². The molecule has 0 aliphatic rings. The van der Waals surface area contributed by atoms with E-state index in [1.54, 1.807) is 0 Å². The van der Waals surface area contributed by atoms with Gasteiger partial charge in [0.15, 0.2) is 0 Å². The van der Waals surface area contributed by atoms with Gasteiger partial charge in [-0.1, -0.05) is 45.7 Å². The molecule has 0 heterocycles. The van der Waals surface area contributed by atoms with Crippen LogP contribution >= 0.6 is 44.3 Å². The average molecular weight is 372 g/mol. The minimum atomic E-state index is 0. The van der Waals surface area contributed by atoms with E-state index in [9.17, 15) is 0 Å². The fourth-order valence-electron chi connectivity index (χ4n) is 1.47. The van der Waals surface area contributed by atoms with Gasteiger partial charge in [0.25, 0.3) is 0 Å². The van der Waals surface area contributed by atoms with Gasteiger partial charge in [-0.2, -0.15) is 0 Å². The second kappa shape index (κ2) is 7.70. The van der Waals surface area contributed by atoms with Gasteiger partial charge in [0.05, 0.1) is 0 Å². The van der Waals surface area contributed by atoms with E-state index >= 15 is 0 Å². The molecular weight excluding hydrogens is 353 g/mol. The Morgan fingerprint density at radius 2 is 1.81 bits per heavy atom. The highest BCUT2D eigenvalue weighted by Gasteiger charge is 2.10. The summed E-state index contributed by atoms with van der Waals surface area (Å²) in [6.45, 7) is 4.45. The standard InChI is InChI=1S/C12H17Br2N.ClH/c1-8(2)3-6-12(15)10-7-9(13)4-5-11(10)14;/h4-5,7-8,12H,3,6,15H2,1-2H3;1H/t12-;/m0./s1. The first kappa shape index (κ1) is 16.4. The number of hydrogen-bond donors (Lipinski definition) is 1. The Morgan fingerprint density at radius 1 is 1.19 bits per heavy atom. The lowest BCUT2D eigenvalue weighted by atomic mass is 9.98. The quantitative estimate of drug-likeness (QED) is 0.786. The Bertz CT molecular complexity index is 329. The highest BCUT2D eigenvalue weighted by atomic mass is 79.9. The van der Waals surface area contributed by atoms with E-state index in [2.05, 4.69) is 51.8 Å². The van der Waals surface area contributed by atoms with Crippen molar-refractivity contribution in [1.29, 1.82) is 0 Å². The van der Waals surface area contributed by atoms with Crippen molar-refractivity contribution in [2.75, 3.05) is 0 Å². The van der Waals surface area contributed by atoms with Crippen LogP contribution in [0.2, 0.25) is 0 Å². The molecule has 1 aromatic rings. The van der Waals surface area contributed by atoms with Crippen LogP contribution in [0.3, 0.4) is 0 Å². The summed E-state index contributed by atoms with van der Waals surface area (Å²) < 4.78 is 2.18. The normalized spacial score (nSPS) is 12.4. The van der Waals surface area contributed by atoms with Crippen molar-refractivity contribution < 1.29 is 0 Å². The van der Waals surface area contributed by atoms with Crippen molar-refractivity contribution in [2.45, 2.75) is 32.7 Å². The minimum absolute atomic E-state index is 0. The first-order chi connectivity index (χ1) is 7.00. The van der Waals surface area contributed by atoms with Gasteiger partial charge in [-0.25, -0.2) is 0 Å². The van der Waals surface area contributed by atoms with Crippen molar-refractivity contribution in [2.24, 2.45) is 11.7 Å². The number of hydrogen-bond acceptors (Lipinski definition) is 1. The van der Waals surface area contributed by atoms with E-state index in [-0.39, 0.29) is 18.4 Å². The predicted octanol–water partition coefficient (Wildman–Crippen LogP) is 5.07. The van der Waals surface area contributed by atoms with Crippen LogP contribution in [0.4, 0.5) is 0 Å². The summed E-state index contributed by atoms with van der Waals surface area (Å²) in [5.41, 5.74) is 7.35. The zero-order valence-electron chi connectivity index (χ0n) is 9.54. The molecule has 0 saturated heterocycles. The molecule has 0 spiro atoms. The van der Waals surface area contributed by atoms with Crippen LogP contribution in [0.5, 0.6) is 0 Å². The second-order valence-corrected chi connectivity index (χ2v) is 6.01. The molecule has 16 heavy (non-hydrogen) atoms. The topological polar surface area (TPSA) is 26.0 Å². The van der Waals surface area contributed by atoms with Gasteiger partial charge in [-0.15, -0.1) is 12.4 Å². The lowest BCUT2D eigenvalue weighted by molar-refractivity contribution is 0.506. The van der Waals surface area contributed by atoms with Gasteiger partial charge in [0.2, 0.25) is 0 Å². The maximum absolute atomic E-state index is 6.16. The van der Waals surface area contributed by atoms with Crippen LogP contribution in [0.25, 0.3) is 0 Å². The summed E-state index contributed by atoms with van der Waals surface area (Å²) in [6, 6.07) is 6.27. The Labute approximate surface area is 121 Å². The molecule has 0 fully saturated rings. The third-order valence-corrected chi connectivity index (χ3v) is 3.63. The van der Waals surface area contributed by atoms with Crippen LogP contribution in [-0.2, 0) is 0 Å². The molecule has 0 aromatic heterocycles. The molecule has 0 saturated carbocycles. The van der Waals surface area contributed by atoms with Crippen molar-refractivity contribution in [3.05, 3.63) is 32.7 Å². The number of rotatable bonds is 4. The third-order valence-electron chi connectivity index (χ3n) is 2.41.